The SMILES string of the molecule is C#CCSc1nc2cc(-n3nc(C(C)(C)C)sc3=O)c(Cl)cc2s1. The van der Waals surface area contributed by atoms with E-state index in [1.54, 1.807) is 0 Å². The van der Waals surface area contributed by atoms with Gasteiger partial charge in [-0.25, -0.2) is 4.98 Å². The van der Waals surface area contributed by atoms with Crippen molar-refractivity contribution in [2.45, 2.75) is 30.5 Å². The van der Waals surface area contributed by atoms with Crippen LogP contribution < -0.4 is 4.87 Å². The second-order valence-corrected chi connectivity index (χ2v) is 9.68. The van der Waals surface area contributed by atoms with Crippen molar-refractivity contribution in [3.05, 3.63) is 31.8 Å². The molecule has 0 atom stereocenters. The van der Waals surface area contributed by atoms with Crippen LogP contribution in [0.2, 0.25) is 5.02 Å². The molecule has 2 aromatic heterocycles. The van der Waals surface area contributed by atoms with Crippen LogP contribution in [-0.2, 0) is 5.41 Å². The number of hydrogen-bond acceptors (Lipinski definition) is 6. The van der Waals surface area contributed by atoms with Gasteiger partial charge >= 0.3 is 4.87 Å². The first-order valence-corrected chi connectivity index (χ1v) is 10.1. The Morgan fingerprint density at radius 1 is 1.38 bits per heavy atom. The summed E-state index contributed by atoms with van der Waals surface area (Å²) in [6.07, 6.45) is 5.29. The number of halogens is 1. The van der Waals surface area contributed by atoms with E-state index < -0.39 is 0 Å². The van der Waals surface area contributed by atoms with E-state index in [1.165, 1.54) is 27.8 Å². The van der Waals surface area contributed by atoms with Crippen LogP contribution in [0, 0.1) is 12.3 Å². The quantitative estimate of drug-likeness (QED) is 0.481. The number of fused-ring (bicyclic) bond motifs is 1. The van der Waals surface area contributed by atoms with E-state index in [4.69, 9.17) is 18.0 Å². The minimum Gasteiger partial charge on any atom is -0.255 e. The average molecular weight is 396 g/mol. The molecular weight excluding hydrogens is 382 g/mol. The lowest BCUT2D eigenvalue weighted by molar-refractivity contribution is 0.569. The fourth-order valence-electron chi connectivity index (χ4n) is 1.98. The van der Waals surface area contributed by atoms with Gasteiger partial charge in [0.25, 0.3) is 0 Å². The van der Waals surface area contributed by atoms with E-state index in [2.05, 4.69) is 16.0 Å². The monoisotopic (exact) mass is 395 g/mol. The smallest absolute Gasteiger partial charge is 0.255 e. The first-order chi connectivity index (χ1) is 11.3. The Morgan fingerprint density at radius 3 is 2.75 bits per heavy atom. The highest BCUT2D eigenvalue weighted by molar-refractivity contribution is 8.01. The van der Waals surface area contributed by atoms with Crippen molar-refractivity contribution in [1.82, 2.24) is 14.8 Å². The third-order valence-corrected chi connectivity index (χ3v) is 6.74. The van der Waals surface area contributed by atoms with Crippen LogP contribution in [0.25, 0.3) is 15.9 Å². The third-order valence-electron chi connectivity index (χ3n) is 3.13. The molecule has 8 heteroatoms. The molecule has 0 spiro atoms. The Bertz CT molecular complexity index is 1000. The predicted molar refractivity (Wildman–Crippen MR) is 104 cm³/mol. The van der Waals surface area contributed by atoms with Crippen molar-refractivity contribution in [3.63, 3.8) is 0 Å². The first-order valence-electron chi connectivity index (χ1n) is 7.07. The summed E-state index contributed by atoms with van der Waals surface area (Å²) in [5.41, 5.74) is 1.15. The number of rotatable bonds is 3. The zero-order valence-corrected chi connectivity index (χ0v) is 16.5. The molecule has 0 aliphatic carbocycles. The third kappa shape index (κ3) is 3.38. The molecule has 0 saturated carbocycles. The van der Waals surface area contributed by atoms with Crippen molar-refractivity contribution < 1.29 is 0 Å². The molecule has 1 aromatic carbocycles. The molecule has 124 valence electrons. The lowest BCUT2D eigenvalue weighted by Crippen LogP contribution is -2.14. The summed E-state index contributed by atoms with van der Waals surface area (Å²) in [6.45, 7) is 6.07. The van der Waals surface area contributed by atoms with E-state index in [0.717, 1.165) is 30.9 Å². The lowest BCUT2D eigenvalue weighted by Gasteiger charge is -2.12. The highest BCUT2D eigenvalue weighted by Crippen LogP contribution is 2.34. The minimum atomic E-state index is -0.189. The molecule has 24 heavy (non-hydrogen) atoms. The molecule has 0 fully saturated rings. The molecule has 0 aliphatic rings. The Kier molecular flexibility index (Phi) is 4.76. The van der Waals surface area contributed by atoms with Gasteiger partial charge < -0.3 is 0 Å². The summed E-state index contributed by atoms with van der Waals surface area (Å²) >= 11 is 10.6. The van der Waals surface area contributed by atoms with Crippen molar-refractivity contribution >= 4 is 56.3 Å². The second kappa shape index (κ2) is 6.52. The minimum absolute atomic E-state index is 0.154. The zero-order valence-electron chi connectivity index (χ0n) is 13.3. The molecule has 0 bridgehead atoms. The van der Waals surface area contributed by atoms with Gasteiger partial charge in [0, 0.05) is 5.41 Å². The van der Waals surface area contributed by atoms with Gasteiger partial charge in [-0.05, 0) is 12.1 Å². The van der Waals surface area contributed by atoms with Gasteiger partial charge in [0.1, 0.15) is 5.01 Å². The Labute approximate surface area is 156 Å². The molecule has 0 radical (unpaired) electrons. The van der Waals surface area contributed by atoms with Crippen molar-refractivity contribution in [2.24, 2.45) is 0 Å². The van der Waals surface area contributed by atoms with E-state index in [-0.39, 0.29) is 10.3 Å². The van der Waals surface area contributed by atoms with Gasteiger partial charge in [-0.1, -0.05) is 61.4 Å². The van der Waals surface area contributed by atoms with Crippen LogP contribution in [0.3, 0.4) is 0 Å². The van der Waals surface area contributed by atoms with Crippen molar-refractivity contribution in [1.29, 1.82) is 0 Å². The molecule has 4 nitrogen and oxygen atoms in total. The number of thiazole rings is 1. The molecule has 0 unspecified atom stereocenters. The van der Waals surface area contributed by atoms with Gasteiger partial charge in [-0.3, -0.25) is 4.79 Å². The Balaban J connectivity index is 2.10. The van der Waals surface area contributed by atoms with Crippen LogP contribution in [-0.4, -0.2) is 20.5 Å². The molecule has 0 N–H and O–H groups in total. The molecule has 3 aromatic rings. The van der Waals surface area contributed by atoms with Gasteiger partial charge in [-0.2, -0.15) is 9.78 Å². The van der Waals surface area contributed by atoms with E-state index >= 15 is 0 Å². The average Bonchev–Trinajstić information content (AvgIpc) is 3.06. The number of terminal acetylenes is 1. The maximum absolute atomic E-state index is 12.3. The van der Waals surface area contributed by atoms with Crippen molar-refractivity contribution in [2.75, 3.05) is 5.75 Å². The molecule has 3 rings (SSSR count). The fraction of sp³-hybridized carbons (Fsp3) is 0.312. The summed E-state index contributed by atoms with van der Waals surface area (Å²) in [7, 11) is 0. The highest BCUT2D eigenvalue weighted by Gasteiger charge is 2.22. The normalized spacial score (nSPS) is 11.8. The lowest BCUT2D eigenvalue weighted by atomic mass is 9.98. The number of hydrogen-bond donors (Lipinski definition) is 0. The number of nitrogens with zero attached hydrogens (tertiary/aromatic N) is 3. The number of benzene rings is 1. The topological polar surface area (TPSA) is 47.8 Å². The van der Waals surface area contributed by atoms with Crippen LogP contribution in [0.4, 0.5) is 0 Å². The van der Waals surface area contributed by atoms with E-state index in [0.29, 0.717) is 16.5 Å². The van der Waals surface area contributed by atoms with Crippen LogP contribution in [0.1, 0.15) is 25.8 Å². The molecule has 0 saturated heterocycles. The first kappa shape index (κ1) is 17.5. The maximum atomic E-state index is 12.3. The Hall–Kier alpha value is -1.33. The van der Waals surface area contributed by atoms with Gasteiger partial charge in [0.05, 0.1) is 26.7 Å². The van der Waals surface area contributed by atoms with E-state index in [9.17, 15) is 4.79 Å². The molecule has 0 aliphatic heterocycles. The van der Waals surface area contributed by atoms with Gasteiger partial charge in [0.15, 0.2) is 4.34 Å². The largest absolute Gasteiger partial charge is 0.329 e. The summed E-state index contributed by atoms with van der Waals surface area (Å²) in [5.74, 6) is 3.15. The van der Waals surface area contributed by atoms with Crippen LogP contribution in [0.15, 0.2) is 21.3 Å². The molecule has 0 amide bonds. The highest BCUT2D eigenvalue weighted by atomic mass is 35.5. The Morgan fingerprint density at radius 2 is 2.12 bits per heavy atom. The maximum Gasteiger partial charge on any atom is 0.329 e. The van der Waals surface area contributed by atoms with E-state index in [1.807, 2.05) is 32.9 Å². The van der Waals surface area contributed by atoms with Crippen LogP contribution >= 0.6 is 46.0 Å². The zero-order chi connectivity index (χ0) is 17.5. The van der Waals surface area contributed by atoms with Gasteiger partial charge in [0.2, 0.25) is 0 Å². The fourth-order valence-corrected chi connectivity index (χ4v) is 4.88. The summed E-state index contributed by atoms with van der Waals surface area (Å²) in [6, 6.07) is 3.63. The summed E-state index contributed by atoms with van der Waals surface area (Å²) < 4.78 is 3.21. The van der Waals surface area contributed by atoms with Crippen LogP contribution in [0.5, 0.6) is 0 Å². The van der Waals surface area contributed by atoms with Crippen molar-refractivity contribution in [3.8, 4) is 18.0 Å². The summed E-state index contributed by atoms with van der Waals surface area (Å²) in [5, 5.41) is 5.71. The second-order valence-electron chi connectivity index (χ2n) is 6.08. The molecular formula is C16H14ClN3OS3. The predicted octanol–water partition coefficient (Wildman–Crippen LogP) is 4.58. The van der Waals surface area contributed by atoms with Gasteiger partial charge in [-0.15, -0.1) is 17.8 Å². The summed E-state index contributed by atoms with van der Waals surface area (Å²) in [4.78, 5) is 16.7. The molecule has 2 heterocycles. The number of aromatic nitrogens is 3. The number of thioether (sulfide) groups is 1. The standard InChI is InChI=1S/C16H14ClN3OS3/c1-5-6-22-14-18-10-8-11(9(17)7-12(10)23-14)20-15(21)24-13(19-20)16(2,3)4/h1,7-8H,6H2,2-4H3.